The molecule has 2 N–H and O–H groups in total. The number of fused-ring (bicyclic) bond motifs is 1. The zero-order valence-electron chi connectivity index (χ0n) is 30.0. The van der Waals surface area contributed by atoms with Gasteiger partial charge in [-0.3, -0.25) is 14.4 Å². The Morgan fingerprint density at radius 2 is 1.66 bits per heavy atom. The average molecular weight is 837 g/mol. The number of amides is 2. The predicted molar refractivity (Wildman–Crippen MR) is 203 cm³/mol. The molecule has 2 aliphatic heterocycles. The number of likely N-dealkylation sites (tertiary alicyclic amines) is 1. The Balaban J connectivity index is 1.26. The second-order valence-electron chi connectivity index (χ2n) is 14.5. The molecule has 0 saturated carbocycles. The van der Waals surface area contributed by atoms with Crippen molar-refractivity contribution in [3.05, 3.63) is 117 Å². The number of nitrogens with zero attached hydrogens (tertiary/aromatic N) is 1. The Kier molecular flexibility index (Phi) is 12.0. The van der Waals surface area contributed by atoms with E-state index in [1.807, 2.05) is 66.7 Å². The molecule has 5 unspecified atom stereocenters. The second-order valence-corrected chi connectivity index (χ2v) is 15.8. The van der Waals surface area contributed by atoms with Crippen molar-refractivity contribution >= 4 is 46.3 Å². The molecule has 53 heavy (non-hydrogen) atoms. The summed E-state index contributed by atoms with van der Waals surface area (Å²) in [6.07, 6.45) is 0.567. The topological polar surface area (TPSA) is 141 Å². The number of halogens is 1. The summed E-state index contributed by atoms with van der Waals surface area (Å²) in [5, 5.41) is 12.8. The molecule has 2 fully saturated rings. The Morgan fingerprint density at radius 3 is 2.28 bits per heavy atom. The Labute approximate surface area is 323 Å². The summed E-state index contributed by atoms with van der Waals surface area (Å²) in [7, 11) is 0. The lowest BCUT2D eigenvalue weighted by molar-refractivity contribution is -0.157. The van der Waals surface area contributed by atoms with E-state index in [0.29, 0.717) is 30.5 Å². The SMILES string of the molecule is CC(C)(C)OC(=O)CCC(CO)NC(=O)C1CCCN1C(=O)C1=CC2OC(c3ccccc3)(c3ccccc3)OC2C(OC(=O)c2cccc(I)c2)C1. The van der Waals surface area contributed by atoms with Crippen molar-refractivity contribution in [2.45, 2.75) is 94.7 Å². The van der Waals surface area contributed by atoms with Gasteiger partial charge in [0.1, 0.15) is 30.0 Å². The number of nitrogens with one attached hydrogen (secondary N) is 1. The van der Waals surface area contributed by atoms with Crippen LogP contribution in [0.2, 0.25) is 0 Å². The van der Waals surface area contributed by atoms with Gasteiger partial charge in [-0.25, -0.2) is 4.79 Å². The summed E-state index contributed by atoms with van der Waals surface area (Å²) >= 11 is 2.13. The molecule has 0 spiro atoms. The Bertz CT molecular complexity index is 1790. The average Bonchev–Trinajstić information content (AvgIpc) is 3.80. The standard InChI is InChI=1S/C41H45IN2O9/c1-40(2,3)52-35(46)20-19-31(25-45)43-37(47)32-18-11-21-44(32)38(48)27-23-33(50-39(49)26-12-10-17-30(42)22-26)36-34(24-27)51-41(53-36,28-13-6-4-7-14-28)29-15-8-5-9-16-29/h4-10,12-17,22,24,31-34,36,45H,11,18-21,23,25H2,1-3H3,(H,43,47). The molecule has 0 aromatic heterocycles. The largest absolute Gasteiger partial charge is 0.460 e. The number of benzene rings is 3. The molecule has 6 rings (SSSR count). The third-order valence-corrected chi connectivity index (χ3v) is 10.2. The molecule has 1 aliphatic carbocycles. The highest BCUT2D eigenvalue weighted by atomic mass is 127. The molecule has 3 aromatic rings. The number of hydrogen-bond donors (Lipinski definition) is 2. The molecule has 280 valence electrons. The maximum absolute atomic E-state index is 14.4. The van der Waals surface area contributed by atoms with Crippen LogP contribution in [0.4, 0.5) is 0 Å². The van der Waals surface area contributed by atoms with Crippen LogP contribution in [0.25, 0.3) is 0 Å². The van der Waals surface area contributed by atoms with Crippen molar-refractivity contribution < 1.29 is 43.2 Å². The van der Waals surface area contributed by atoms with Crippen molar-refractivity contribution in [3.8, 4) is 0 Å². The smallest absolute Gasteiger partial charge is 0.338 e. The van der Waals surface area contributed by atoms with E-state index in [1.54, 1.807) is 45.0 Å². The zero-order valence-corrected chi connectivity index (χ0v) is 32.2. The first kappa shape index (κ1) is 38.6. The third kappa shape index (κ3) is 8.99. The highest BCUT2D eigenvalue weighted by molar-refractivity contribution is 14.1. The van der Waals surface area contributed by atoms with Gasteiger partial charge in [-0.1, -0.05) is 66.7 Å². The molecule has 2 heterocycles. The Morgan fingerprint density at radius 1 is 0.981 bits per heavy atom. The summed E-state index contributed by atoms with van der Waals surface area (Å²) < 4.78 is 26.1. The van der Waals surface area contributed by atoms with Crippen LogP contribution >= 0.6 is 22.6 Å². The number of carbonyl (C=O) groups is 4. The van der Waals surface area contributed by atoms with E-state index in [-0.39, 0.29) is 31.8 Å². The van der Waals surface area contributed by atoms with Gasteiger partial charge >= 0.3 is 11.9 Å². The van der Waals surface area contributed by atoms with Crippen LogP contribution in [0, 0.1) is 3.57 Å². The normalized spacial score (nSPS) is 22.7. The number of carbonyl (C=O) groups excluding carboxylic acids is 4. The third-order valence-electron chi connectivity index (χ3n) is 9.48. The molecule has 11 nitrogen and oxygen atoms in total. The maximum Gasteiger partial charge on any atom is 0.338 e. The summed E-state index contributed by atoms with van der Waals surface area (Å²) in [5.74, 6) is -3.12. The van der Waals surface area contributed by atoms with Gasteiger partial charge in [0.15, 0.2) is 0 Å². The van der Waals surface area contributed by atoms with E-state index in [1.165, 1.54) is 4.90 Å². The van der Waals surface area contributed by atoms with E-state index in [2.05, 4.69) is 27.9 Å². The van der Waals surface area contributed by atoms with Gasteiger partial charge in [-0.05, 0) is 86.9 Å². The fraction of sp³-hybridized carbons (Fsp3) is 0.415. The molecule has 0 bridgehead atoms. The highest BCUT2D eigenvalue weighted by Crippen LogP contribution is 2.47. The molecule has 3 aromatic carbocycles. The first-order valence-corrected chi connectivity index (χ1v) is 19.0. The fourth-order valence-corrected chi connectivity index (χ4v) is 7.60. The fourth-order valence-electron chi connectivity index (χ4n) is 7.06. The van der Waals surface area contributed by atoms with Crippen LogP contribution in [-0.2, 0) is 39.1 Å². The first-order valence-electron chi connectivity index (χ1n) is 17.9. The minimum absolute atomic E-state index is 0.0172. The van der Waals surface area contributed by atoms with E-state index < -0.39 is 59.6 Å². The van der Waals surface area contributed by atoms with Gasteiger partial charge in [-0.2, -0.15) is 0 Å². The molecule has 2 saturated heterocycles. The van der Waals surface area contributed by atoms with E-state index in [4.69, 9.17) is 18.9 Å². The van der Waals surface area contributed by atoms with Gasteiger partial charge in [0.2, 0.25) is 17.6 Å². The van der Waals surface area contributed by atoms with Crippen molar-refractivity contribution in [1.29, 1.82) is 0 Å². The first-order chi connectivity index (χ1) is 25.4. The zero-order chi connectivity index (χ0) is 37.8. The summed E-state index contributed by atoms with van der Waals surface area (Å²) in [5.41, 5.74) is 1.55. The van der Waals surface area contributed by atoms with Gasteiger partial charge < -0.3 is 34.3 Å². The molecular formula is C41H45IN2O9. The molecular weight excluding hydrogens is 791 g/mol. The van der Waals surface area contributed by atoms with Gasteiger partial charge in [0, 0.05) is 39.7 Å². The molecule has 12 heteroatoms. The number of aliphatic hydroxyl groups excluding tert-OH is 1. The number of hydrogen-bond acceptors (Lipinski definition) is 9. The van der Waals surface area contributed by atoms with E-state index in [0.717, 1.165) is 14.7 Å². The van der Waals surface area contributed by atoms with Crippen molar-refractivity contribution in [2.24, 2.45) is 0 Å². The predicted octanol–water partition coefficient (Wildman–Crippen LogP) is 5.42. The lowest BCUT2D eigenvalue weighted by Gasteiger charge is -2.33. The lowest BCUT2D eigenvalue weighted by atomic mass is 9.91. The molecule has 2 amide bonds. The minimum Gasteiger partial charge on any atom is -0.460 e. The summed E-state index contributed by atoms with van der Waals surface area (Å²) in [6.45, 7) is 5.28. The van der Waals surface area contributed by atoms with Crippen LogP contribution < -0.4 is 5.32 Å². The van der Waals surface area contributed by atoms with Crippen molar-refractivity contribution in [1.82, 2.24) is 10.2 Å². The molecule has 0 radical (unpaired) electrons. The van der Waals surface area contributed by atoms with Crippen LogP contribution in [0.15, 0.2) is 96.6 Å². The van der Waals surface area contributed by atoms with Crippen LogP contribution in [-0.4, -0.2) is 82.9 Å². The number of aliphatic hydroxyl groups is 1. The van der Waals surface area contributed by atoms with Gasteiger partial charge in [0.25, 0.3) is 0 Å². The number of esters is 2. The van der Waals surface area contributed by atoms with E-state index >= 15 is 0 Å². The Hall–Kier alpha value is -4.11. The monoisotopic (exact) mass is 836 g/mol. The summed E-state index contributed by atoms with van der Waals surface area (Å²) in [4.78, 5) is 55.4. The maximum atomic E-state index is 14.4. The second kappa shape index (κ2) is 16.5. The van der Waals surface area contributed by atoms with Crippen LogP contribution in [0.1, 0.15) is 74.4 Å². The van der Waals surface area contributed by atoms with Crippen LogP contribution in [0.5, 0.6) is 0 Å². The van der Waals surface area contributed by atoms with E-state index in [9.17, 15) is 24.3 Å². The van der Waals surface area contributed by atoms with Crippen molar-refractivity contribution in [3.63, 3.8) is 0 Å². The lowest BCUT2D eigenvalue weighted by Crippen LogP contribution is -2.51. The molecule has 5 atom stereocenters. The number of ether oxygens (including phenoxy) is 4. The van der Waals surface area contributed by atoms with Gasteiger partial charge in [-0.15, -0.1) is 0 Å². The van der Waals surface area contributed by atoms with Crippen molar-refractivity contribution in [2.75, 3.05) is 13.2 Å². The number of rotatable bonds is 11. The van der Waals surface area contributed by atoms with Gasteiger partial charge in [0.05, 0.1) is 18.2 Å². The summed E-state index contributed by atoms with van der Waals surface area (Å²) in [6, 6.07) is 24.6. The minimum atomic E-state index is -1.35. The van der Waals surface area contributed by atoms with Crippen LogP contribution in [0.3, 0.4) is 0 Å². The highest BCUT2D eigenvalue weighted by Gasteiger charge is 2.55. The molecule has 3 aliphatic rings. The quantitative estimate of drug-likeness (QED) is 0.192.